The van der Waals surface area contributed by atoms with E-state index >= 15 is 0 Å². The molecule has 4 rings (SSSR count). The van der Waals surface area contributed by atoms with E-state index in [-0.39, 0.29) is 35.1 Å². The normalized spacial score (nSPS) is 16.1. The molecule has 2 N–H and O–H groups in total. The molecular weight excluding hydrogens is 426 g/mol. The summed E-state index contributed by atoms with van der Waals surface area (Å²) < 4.78 is 11.8. The average Bonchev–Trinajstić information content (AvgIpc) is 3.38. The molecule has 30 heavy (non-hydrogen) atoms. The molecule has 0 radical (unpaired) electrons. The van der Waals surface area contributed by atoms with E-state index in [0.717, 1.165) is 28.1 Å². The predicted octanol–water partition coefficient (Wildman–Crippen LogP) is 3.80. The Balaban J connectivity index is 1.62. The van der Waals surface area contributed by atoms with Gasteiger partial charge in [-0.25, -0.2) is 4.98 Å². The molecule has 0 aliphatic carbocycles. The third-order valence-corrected chi connectivity index (χ3v) is 6.36. The summed E-state index contributed by atoms with van der Waals surface area (Å²) in [7, 11) is 1.44. The van der Waals surface area contributed by atoms with Crippen molar-refractivity contribution in [3.05, 3.63) is 52.0 Å². The van der Waals surface area contributed by atoms with Gasteiger partial charge in [-0.3, -0.25) is 9.59 Å². The summed E-state index contributed by atoms with van der Waals surface area (Å²) in [6.45, 7) is 0.300. The standard InChI is InChI=1S/C21H20ClN3O4S/c1-28-16-10-12(9-13(22)19(16)29-11-18(23)26)21(27)25-8-4-6-15(25)20-24-14-5-2-3-7-17(14)30-20/h2-3,5,7,9-10,15H,4,6,8,11H2,1H3,(H2,23,26)/t15-/m1/s1. The quantitative estimate of drug-likeness (QED) is 0.622. The highest BCUT2D eigenvalue weighted by molar-refractivity contribution is 7.18. The molecular formula is C21H20ClN3O4S. The van der Waals surface area contributed by atoms with Gasteiger partial charge in [0.15, 0.2) is 18.1 Å². The van der Waals surface area contributed by atoms with Gasteiger partial charge in [-0.15, -0.1) is 11.3 Å². The Bertz CT molecular complexity index is 1080. The van der Waals surface area contributed by atoms with Crippen LogP contribution in [-0.2, 0) is 4.79 Å². The van der Waals surface area contributed by atoms with Gasteiger partial charge in [0, 0.05) is 12.1 Å². The van der Waals surface area contributed by atoms with E-state index in [1.54, 1.807) is 17.4 Å². The Labute approximate surface area is 182 Å². The number of methoxy groups -OCH3 is 1. The zero-order valence-electron chi connectivity index (χ0n) is 16.3. The van der Waals surface area contributed by atoms with E-state index in [4.69, 9.17) is 31.8 Å². The van der Waals surface area contributed by atoms with Crippen molar-refractivity contribution in [2.45, 2.75) is 18.9 Å². The highest BCUT2D eigenvalue weighted by Crippen LogP contribution is 2.40. The Morgan fingerprint density at radius 1 is 1.33 bits per heavy atom. The maximum Gasteiger partial charge on any atom is 0.255 e. The summed E-state index contributed by atoms with van der Waals surface area (Å²) >= 11 is 7.93. The van der Waals surface area contributed by atoms with Crippen LogP contribution in [0, 0.1) is 0 Å². The summed E-state index contributed by atoms with van der Waals surface area (Å²) in [6, 6.07) is 11.0. The number of thiazole rings is 1. The molecule has 1 fully saturated rings. The van der Waals surface area contributed by atoms with Crippen LogP contribution < -0.4 is 15.2 Å². The van der Waals surface area contributed by atoms with Crippen LogP contribution in [0.1, 0.15) is 34.2 Å². The Hall–Kier alpha value is -2.84. The second-order valence-corrected chi connectivity index (χ2v) is 8.39. The van der Waals surface area contributed by atoms with Gasteiger partial charge in [-0.2, -0.15) is 0 Å². The molecule has 7 nitrogen and oxygen atoms in total. The number of nitrogens with two attached hydrogens (primary N) is 1. The first-order valence-electron chi connectivity index (χ1n) is 9.43. The number of hydrogen-bond acceptors (Lipinski definition) is 6. The van der Waals surface area contributed by atoms with E-state index in [1.807, 2.05) is 29.2 Å². The van der Waals surface area contributed by atoms with E-state index in [9.17, 15) is 9.59 Å². The largest absolute Gasteiger partial charge is 0.493 e. The van der Waals surface area contributed by atoms with Crippen molar-refractivity contribution in [2.75, 3.05) is 20.3 Å². The van der Waals surface area contributed by atoms with Crippen LogP contribution >= 0.6 is 22.9 Å². The third kappa shape index (κ3) is 3.93. The number of aromatic nitrogens is 1. The monoisotopic (exact) mass is 445 g/mol. The van der Waals surface area contributed by atoms with Crippen LogP contribution in [0.3, 0.4) is 0 Å². The second-order valence-electron chi connectivity index (χ2n) is 6.92. The Morgan fingerprint density at radius 2 is 2.13 bits per heavy atom. The zero-order chi connectivity index (χ0) is 21.3. The maximum absolute atomic E-state index is 13.3. The molecule has 0 saturated carbocycles. The van der Waals surface area contributed by atoms with Crippen LogP contribution in [0.15, 0.2) is 36.4 Å². The second kappa shape index (κ2) is 8.49. The van der Waals surface area contributed by atoms with Crippen LogP contribution in [0.25, 0.3) is 10.2 Å². The molecule has 0 bridgehead atoms. The van der Waals surface area contributed by atoms with E-state index < -0.39 is 5.91 Å². The first-order chi connectivity index (χ1) is 14.5. The van der Waals surface area contributed by atoms with Gasteiger partial charge in [0.1, 0.15) is 5.01 Å². The fourth-order valence-corrected chi connectivity index (χ4v) is 4.97. The van der Waals surface area contributed by atoms with Crippen molar-refractivity contribution in [3.8, 4) is 11.5 Å². The fourth-order valence-electron chi connectivity index (χ4n) is 3.59. The summed E-state index contributed by atoms with van der Waals surface area (Å²) in [5.74, 6) is -0.344. The molecule has 2 amide bonds. The van der Waals surface area contributed by atoms with Crippen molar-refractivity contribution < 1.29 is 19.1 Å². The molecule has 1 saturated heterocycles. The average molecular weight is 446 g/mol. The van der Waals surface area contributed by atoms with Crippen LogP contribution in [0.4, 0.5) is 0 Å². The highest BCUT2D eigenvalue weighted by Gasteiger charge is 2.33. The van der Waals surface area contributed by atoms with Gasteiger partial charge < -0.3 is 20.1 Å². The minimum absolute atomic E-state index is 0.0783. The molecule has 0 spiro atoms. The molecule has 3 aromatic rings. The number of ether oxygens (including phenoxy) is 2. The van der Waals surface area contributed by atoms with E-state index in [1.165, 1.54) is 13.2 Å². The van der Waals surface area contributed by atoms with Crippen molar-refractivity contribution in [2.24, 2.45) is 5.73 Å². The summed E-state index contributed by atoms with van der Waals surface area (Å²) in [5, 5.41) is 1.11. The molecule has 0 unspecified atom stereocenters. The number of para-hydroxylation sites is 1. The van der Waals surface area contributed by atoms with Gasteiger partial charge in [0.2, 0.25) is 0 Å². The number of primary amides is 1. The fraction of sp³-hybridized carbons (Fsp3) is 0.286. The van der Waals surface area contributed by atoms with Gasteiger partial charge >= 0.3 is 0 Å². The lowest BCUT2D eigenvalue weighted by Gasteiger charge is -2.24. The minimum atomic E-state index is -0.635. The number of carbonyl (C=O) groups is 2. The molecule has 1 aliphatic rings. The third-order valence-electron chi connectivity index (χ3n) is 4.94. The summed E-state index contributed by atoms with van der Waals surface area (Å²) in [5.41, 5.74) is 6.46. The van der Waals surface area contributed by atoms with Crippen LogP contribution in [0.5, 0.6) is 11.5 Å². The minimum Gasteiger partial charge on any atom is -0.493 e. The molecule has 1 aliphatic heterocycles. The number of carbonyl (C=O) groups excluding carboxylic acids is 2. The van der Waals surface area contributed by atoms with Crippen LogP contribution in [-0.4, -0.2) is 42.0 Å². The Kier molecular flexibility index (Phi) is 5.78. The number of fused-ring (bicyclic) bond motifs is 1. The Morgan fingerprint density at radius 3 is 2.87 bits per heavy atom. The lowest BCUT2D eigenvalue weighted by Crippen LogP contribution is -2.30. The van der Waals surface area contributed by atoms with E-state index in [0.29, 0.717) is 12.1 Å². The molecule has 9 heteroatoms. The van der Waals surface area contributed by atoms with Crippen molar-refractivity contribution >= 4 is 45.0 Å². The highest BCUT2D eigenvalue weighted by atomic mass is 35.5. The molecule has 1 atom stereocenters. The maximum atomic E-state index is 13.3. The number of likely N-dealkylation sites (tertiary alicyclic amines) is 1. The topological polar surface area (TPSA) is 94.8 Å². The number of amides is 2. The van der Waals surface area contributed by atoms with Gasteiger partial charge in [-0.05, 0) is 37.1 Å². The first kappa shape index (κ1) is 20.4. The SMILES string of the molecule is COc1cc(C(=O)N2CCC[C@@H]2c2nc3ccccc3s2)cc(Cl)c1OCC(N)=O. The number of benzene rings is 2. The zero-order valence-corrected chi connectivity index (χ0v) is 17.8. The first-order valence-corrected chi connectivity index (χ1v) is 10.6. The van der Waals surface area contributed by atoms with Gasteiger partial charge in [0.05, 0.1) is 28.4 Å². The van der Waals surface area contributed by atoms with E-state index in [2.05, 4.69) is 0 Å². The number of rotatable bonds is 6. The summed E-state index contributed by atoms with van der Waals surface area (Å²) in [4.78, 5) is 30.9. The number of nitrogens with zero attached hydrogens (tertiary/aromatic N) is 2. The van der Waals surface area contributed by atoms with Crippen molar-refractivity contribution in [3.63, 3.8) is 0 Å². The molecule has 2 heterocycles. The lowest BCUT2D eigenvalue weighted by molar-refractivity contribution is -0.119. The van der Waals surface area contributed by atoms with Crippen molar-refractivity contribution in [1.29, 1.82) is 0 Å². The molecule has 2 aromatic carbocycles. The summed E-state index contributed by atoms with van der Waals surface area (Å²) in [6.07, 6.45) is 1.76. The molecule has 1 aromatic heterocycles. The smallest absolute Gasteiger partial charge is 0.255 e. The number of halogens is 1. The molecule has 156 valence electrons. The van der Waals surface area contributed by atoms with Gasteiger partial charge in [0.25, 0.3) is 11.8 Å². The number of hydrogen-bond donors (Lipinski definition) is 1. The van der Waals surface area contributed by atoms with Crippen LogP contribution in [0.2, 0.25) is 5.02 Å². The predicted molar refractivity (Wildman–Crippen MR) is 115 cm³/mol. The van der Waals surface area contributed by atoms with Crippen molar-refractivity contribution in [1.82, 2.24) is 9.88 Å². The lowest BCUT2D eigenvalue weighted by atomic mass is 10.1. The van der Waals surface area contributed by atoms with Gasteiger partial charge in [-0.1, -0.05) is 23.7 Å².